The van der Waals surface area contributed by atoms with Gasteiger partial charge in [-0.3, -0.25) is 9.59 Å². The van der Waals surface area contributed by atoms with Crippen LogP contribution in [0.15, 0.2) is 4.58 Å². The molecule has 3 unspecified atom stereocenters. The van der Waals surface area contributed by atoms with Crippen LogP contribution < -0.4 is 17.2 Å². The number of aliphatic carboxylic acids is 2. The highest BCUT2D eigenvalue weighted by molar-refractivity contribution is 7.98. The van der Waals surface area contributed by atoms with Crippen molar-refractivity contribution in [2.75, 3.05) is 11.5 Å². The SMILES string of the molecule is NC(CCC(=O)C(N)(CS)C(=O)O)C(=O)C(N)(CSN=O)C(=O)O. The second-order valence-electron chi connectivity index (χ2n) is 4.99. The van der Waals surface area contributed by atoms with E-state index >= 15 is 0 Å². The van der Waals surface area contributed by atoms with Crippen molar-refractivity contribution in [3.05, 3.63) is 4.91 Å². The smallest absolute Gasteiger partial charge is 0.332 e. The van der Waals surface area contributed by atoms with Gasteiger partial charge >= 0.3 is 11.9 Å². The van der Waals surface area contributed by atoms with E-state index in [1.165, 1.54) is 0 Å². The van der Waals surface area contributed by atoms with Crippen molar-refractivity contribution < 1.29 is 29.4 Å². The summed E-state index contributed by atoms with van der Waals surface area (Å²) in [5, 5.41) is 18.0. The molecule has 0 fully saturated rings. The Bertz CT molecular complexity index is 546. The summed E-state index contributed by atoms with van der Waals surface area (Å²) in [4.78, 5) is 56.3. The Balaban J connectivity index is 5.04. The van der Waals surface area contributed by atoms with Gasteiger partial charge in [-0.25, -0.2) is 9.59 Å². The van der Waals surface area contributed by atoms with Gasteiger partial charge in [-0.05, 0) is 6.42 Å². The number of rotatable bonds is 12. The minimum absolute atomic E-state index is 0.238. The third-order valence-electron chi connectivity index (χ3n) is 3.31. The lowest BCUT2D eigenvalue weighted by Gasteiger charge is -2.25. The van der Waals surface area contributed by atoms with Gasteiger partial charge in [0.1, 0.15) is 0 Å². The van der Waals surface area contributed by atoms with E-state index in [-0.39, 0.29) is 18.4 Å². The highest BCUT2D eigenvalue weighted by Crippen LogP contribution is 2.18. The van der Waals surface area contributed by atoms with Gasteiger partial charge in [0.15, 0.2) is 22.6 Å². The van der Waals surface area contributed by atoms with Gasteiger partial charge in [0.2, 0.25) is 0 Å². The molecule has 0 aromatic carbocycles. The van der Waals surface area contributed by atoms with E-state index in [9.17, 15) is 24.1 Å². The van der Waals surface area contributed by atoms with Gasteiger partial charge in [-0.1, -0.05) is 0 Å². The van der Waals surface area contributed by atoms with Crippen molar-refractivity contribution in [3.8, 4) is 0 Å². The van der Waals surface area contributed by atoms with Crippen molar-refractivity contribution in [3.63, 3.8) is 0 Å². The monoisotopic (exact) mass is 382 g/mol. The fourth-order valence-corrected chi connectivity index (χ4v) is 2.45. The molecule has 0 saturated carbocycles. The summed E-state index contributed by atoms with van der Waals surface area (Å²) in [7, 11) is 0. The molecule has 0 saturated heterocycles. The summed E-state index contributed by atoms with van der Waals surface area (Å²) in [5.41, 5.74) is 11.7. The molecule has 11 nitrogen and oxygen atoms in total. The van der Waals surface area contributed by atoms with Crippen LogP contribution in [0.3, 0.4) is 0 Å². The Morgan fingerprint density at radius 1 is 1.12 bits per heavy atom. The number of hydrogen-bond acceptors (Lipinski definition) is 11. The molecule has 8 N–H and O–H groups in total. The van der Waals surface area contributed by atoms with Crippen LogP contribution in [0, 0.1) is 4.91 Å². The fraction of sp³-hybridized carbons (Fsp3) is 0.636. The number of hydrogen-bond donors (Lipinski definition) is 6. The molecule has 136 valence electrons. The van der Waals surface area contributed by atoms with E-state index in [0.717, 1.165) is 0 Å². The van der Waals surface area contributed by atoms with Crippen LogP contribution in [0.2, 0.25) is 0 Å². The number of nitrogens with two attached hydrogens (primary N) is 3. The van der Waals surface area contributed by atoms with Crippen molar-refractivity contribution in [2.45, 2.75) is 30.0 Å². The number of carboxylic acid groups (broad SMARTS) is 2. The lowest BCUT2D eigenvalue weighted by molar-refractivity contribution is -0.148. The van der Waals surface area contributed by atoms with E-state index in [1.807, 2.05) is 0 Å². The number of carbonyl (C=O) groups is 4. The maximum atomic E-state index is 12.1. The summed E-state index contributed by atoms with van der Waals surface area (Å²) in [5.74, 6) is -6.45. The van der Waals surface area contributed by atoms with Gasteiger partial charge in [0.25, 0.3) is 0 Å². The molecule has 13 heteroatoms. The molecule has 0 aliphatic carbocycles. The van der Waals surface area contributed by atoms with Crippen molar-refractivity contribution >= 4 is 48.1 Å². The first-order chi connectivity index (χ1) is 11.0. The van der Waals surface area contributed by atoms with Crippen LogP contribution in [-0.2, 0) is 19.2 Å². The maximum Gasteiger partial charge on any atom is 0.332 e. The van der Waals surface area contributed by atoms with Crippen LogP contribution in [0.25, 0.3) is 0 Å². The van der Waals surface area contributed by atoms with Gasteiger partial charge in [0, 0.05) is 28.7 Å². The minimum Gasteiger partial charge on any atom is -0.480 e. The fourth-order valence-electron chi connectivity index (χ4n) is 1.61. The van der Waals surface area contributed by atoms with Gasteiger partial charge in [-0.2, -0.15) is 12.6 Å². The molecule has 0 bridgehead atoms. The second kappa shape index (κ2) is 9.08. The topological polar surface area (TPSA) is 216 Å². The molecule has 0 rings (SSSR count). The lowest BCUT2D eigenvalue weighted by atomic mass is 9.87. The molecule has 0 aliphatic rings. The second-order valence-corrected chi connectivity index (χ2v) is 6.00. The summed E-state index contributed by atoms with van der Waals surface area (Å²) >= 11 is 3.95. The molecule has 24 heavy (non-hydrogen) atoms. The average Bonchev–Trinajstić information content (AvgIpc) is 2.54. The van der Waals surface area contributed by atoms with Crippen LogP contribution in [0.4, 0.5) is 0 Å². The van der Waals surface area contributed by atoms with E-state index < -0.39 is 58.6 Å². The molecule has 3 atom stereocenters. The summed E-state index contributed by atoms with van der Waals surface area (Å²) in [6.45, 7) is 0. The largest absolute Gasteiger partial charge is 0.480 e. The first-order valence-corrected chi connectivity index (χ1v) is 7.98. The van der Waals surface area contributed by atoms with E-state index in [0.29, 0.717) is 0 Å². The van der Waals surface area contributed by atoms with E-state index in [1.54, 1.807) is 0 Å². The summed E-state index contributed by atoms with van der Waals surface area (Å²) in [6, 6.07) is -1.47. The third-order valence-corrected chi connectivity index (χ3v) is 4.50. The van der Waals surface area contributed by atoms with Crippen LogP contribution in [0.5, 0.6) is 0 Å². The highest BCUT2D eigenvalue weighted by Gasteiger charge is 2.46. The molecule has 0 aliphatic heterocycles. The van der Waals surface area contributed by atoms with Crippen molar-refractivity contribution in [1.29, 1.82) is 0 Å². The lowest BCUT2D eigenvalue weighted by Crippen LogP contribution is -2.62. The first kappa shape index (κ1) is 22.5. The molecule has 0 spiro atoms. The number of thiol groups is 1. The maximum absolute atomic E-state index is 12.1. The van der Waals surface area contributed by atoms with Crippen molar-refractivity contribution in [1.82, 2.24) is 0 Å². The summed E-state index contributed by atoms with van der Waals surface area (Å²) < 4.78 is 2.37. The molecule has 0 aromatic rings. The Morgan fingerprint density at radius 2 is 1.62 bits per heavy atom. The van der Waals surface area contributed by atoms with Gasteiger partial charge in [0.05, 0.1) is 11.8 Å². The number of Topliss-reactive ketones (excluding diaryl/α,β-unsaturated/α-hetero) is 2. The number of nitrogens with zero attached hydrogens (tertiary/aromatic N) is 1. The number of carbonyl (C=O) groups excluding carboxylic acids is 2. The Kier molecular flexibility index (Phi) is 8.49. The molecule has 0 aromatic heterocycles. The molecule has 0 amide bonds. The van der Waals surface area contributed by atoms with Crippen LogP contribution >= 0.6 is 24.6 Å². The first-order valence-electron chi connectivity index (χ1n) is 6.40. The Hall–Kier alpha value is -1.54. The predicted octanol–water partition coefficient (Wildman–Crippen LogP) is -1.86. The number of carboxylic acids is 2. The Morgan fingerprint density at radius 3 is 2.00 bits per heavy atom. The van der Waals surface area contributed by atoms with Gasteiger partial charge < -0.3 is 27.4 Å². The molecular formula is C11H18N4O7S2. The third kappa shape index (κ3) is 4.98. The molecular weight excluding hydrogens is 364 g/mol. The zero-order chi connectivity index (χ0) is 19.1. The van der Waals surface area contributed by atoms with E-state index in [4.69, 9.17) is 27.4 Å². The van der Waals surface area contributed by atoms with Crippen LogP contribution in [-0.4, -0.2) is 62.3 Å². The number of nitroso groups, excluding NO2 is 1. The Labute approximate surface area is 146 Å². The summed E-state index contributed by atoms with van der Waals surface area (Å²) in [6.07, 6.45) is -0.867. The predicted molar refractivity (Wildman–Crippen MR) is 88.4 cm³/mol. The minimum atomic E-state index is -2.46. The van der Waals surface area contributed by atoms with E-state index in [2.05, 4.69) is 17.2 Å². The van der Waals surface area contributed by atoms with Crippen molar-refractivity contribution in [2.24, 2.45) is 21.8 Å². The average molecular weight is 382 g/mol. The highest BCUT2D eigenvalue weighted by atomic mass is 32.2. The molecule has 0 radical (unpaired) electrons. The molecule has 0 heterocycles. The quantitative estimate of drug-likeness (QED) is 0.0951. The van der Waals surface area contributed by atoms with Crippen LogP contribution in [0.1, 0.15) is 12.8 Å². The number of ketones is 2. The van der Waals surface area contributed by atoms with Gasteiger partial charge in [-0.15, -0.1) is 4.91 Å². The standard InChI is InChI=1S/C11H18N4O7S2/c12-5(1-2-6(16)10(13,3-23)8(18)19)7(17)11(14,9(20)21)4-24-15-22/h5,23H,1-4,12-14H2,(H,18,19)(H,20,21). The normalized spacial score (nSPS) is 17.2. The zero-order valence-corrected chi connectivity index (χ0v) is 14.1. The zero-order valence-electron chi connectivity index (χ0n) is 12.4.